The molecule has 0 amide bonds. The molecule has 0 heterocycles. The second kappa shape index (κ2) is 11.4. The molecule has 2 aromatic carbocycles. The fraction of sp³-hybridized carbons (Fsp3) is 0.517. The number of unbranched alkanes of at least 4 members (excludes halogenated alkanes) is 3. The fourth-order valence-corrected chi connectivity index (χ4v) is 4.47. The molecule has 1 aliphatic carbocycles. The van der Waals surface area contributed by atoms with Gasteiger partial charge in [-0.25, -0.2) is 0 Å². The van der Waals surface area contributed by atoms with Crippen LogP contribution in [0.15, 0.2) is 54.6 Å². The van der Waals surface area contributed by atoms with E-state index in [1.54, 1.807) is 5.57 Å². The number of hydrogen-bond donors (Lipinski definition) is 0. The third kappa shape index (κ3) is 6.88. The van der Waals surface area contributed by atoms with Crippen LogP contribution in [0.1, 0.15) is 89.7 Å². The summed E-state index contributed by atoms with van der Waals surface area (Å²) in [5.74, 6) is 1.69. The van der Waals surface area contributed by atoms with Crippen LogP contribution in [-0.4, -0.2) is 0 Å². The molecule has 2 aromatic rings. The minimum absolute atomic E-state index is 0.771. The minimum atomic E-state index is 0.771. The summed E-state index contributed by atoms with van der Waals surface area (Å²) in [7, 11) is 0. The van der Waals surface area contributed by atoms with E-state index >= 15 is 0 Å². The Bertz CT molecular complexity index is 746. The van der Waals surface area contributed by atoms with E-state index in [1.165, 1.54) is 86.5 Å². The highest BCUT2D eigenvalue weighted by molar-refractivity contribution is 5.71. The zero-order chi connectivity index (χ0) is 20.5. The van der Waals surface area contributed by atoms with Gasteiger partial charge in [0.05, 0.1) is 0 Å². The van der Waals surface area contributed by atoms with Crippen LogP contribution in [0.25, 0.3) is 16.7 Å². The van der Waals surface area contributed by atoms with Crippen molar-refractivity contribution < 1.29 is 0 Å². The molecule has 29 heavy (non-hydrogen) atoms. The van der Waals surface area contributed by atoms with Crippen molar-refractivity contribution in [1.82, 2.24) is 0 Å². The predicted molar refractivity (Wildman–Crippen MR) is 129 cm³/mol. The largest absolute Gasteiger partial charge is 0.0804 e. The molecule has 0 nitrogen and oxygen atoms in total. The Hall–Kier alpha value is -1.82. The molecule has 0 aromatic heterocycles. The topological polar surface area (TPSA) is 0 Å². The summed E-state index contributed by atoms with van der Waals surface area (Å²) in [6.07, 6.45) is 15.9. The van der Waals surface area contributed by atoms with E-state index in [1.807, 2.05) is 0 Å². The van der Waals surface area contributed by atoms with E-state index in [-0.39, 0.29) is 0 Å². The fourth-order valence-electron chi connectivity index (χ4n) is 4.47. The highest BCUT2D eigenvalue weighted by Gasteiger charge is 2.15. The van der Waals surface area contributed by atoms with Crippen molar-refractivity contribution in [2.45, 2.75) is 85.0 Å². The Balaban J connectivity index is 1.54. The molecule has 1 aliphatic rings. The number of rotatable bonds is 10. The first-order chi connectivity index (χ1) is 14.2. The smallest absolute Gasteiger partial charge is 0.0184 e. The van der Waals surface area contributed by atoms with Crippen LogP contribution < -0.4 is 0 Å². The van der Waals surface area contributed by atoms with Crippen LogP contribution in [0.4, 0.5) is 0 Å². The van der Waals surface area contributed by atoms with Crippen LogP contribution >= 0.6 is 0 Å². The monoisotopic (exact) mass is 388 g/mol. The Morgan fingerprint density at radius 2 is 1.48 bits per heavy atom. The SMILES string of the molecule is CCCCCCC1CC=C(c2ccc(-c3ccc(CCC(C)C)cc3)cc2)CC1. The summed E-state index contributed by atoms with van der Waals surface area (Å²) in [6.45, 7) is 6.89. The average Bonchev–Trinajstić information content (AvgIpc) is 2.76. The van der Waals surface area contributed by atoms with Gasteiger partial charge in [0.1, 0.15) is 0 Å². The van der Waals surface area contributed by atoms with Crippen LogP contribution in [0.3, 0.4) is 0 Å². The van der Waals surface area contributed by atoms with Crippen molar-refractivity contribution in [3.8, 4) is 11.1 Å². The molecule has 3 rings (SSSR count). The molecule has 0 saturated heterocycles. The molecule has 1 atom stereocenters. The lowest BCUT2D eigenvalue weighted by Gasteiger charge is -2.22. The van der Waals surface area contributed by atoms with Crippen molar-refractivity contribution in [3.05, 3.63) is 65.7 Å². The Morgan fingerprint density at radius 3 is 2.07 bits per heavy atom. The molecule has 0 fully saturated rings. The van der Waals surface area contributed by atoms with Crippen molar-refractivity contribution in [1.29, 1.82) is 0 Å². The van der Waals surface area contributed by atoms with E-state index in [4.69, 9.17) is 0 Å². The highest BCUT2D eigenvalue weighted by Crippen LogP contribution is 2.33. The lowest BCUT2D eigenvalue weighted by Crippen LogP contribution is -2.05. The van der Waals surface area contributed by atoms with Crippen LogP contribution in [0.5, 0.6) is 0 Å². The molecule has 0 saturated carbocycles. The van der Waals surface area contributed by atoms with Gasteiger partial charge < -0.3 is 0 Å². The predicted octanol–water partition coefficient (Wildman–Crippen LogP) is 9.10. The molecule has 0 aliphatic heterocycles. The van der Waals surface area contributed by atoms with Gasteiger partial charge in [0.2, 0.25) is 0 Å². The van der Waals surface area contributed by atoms with Gasteiger partial charge in [0.25, 0.3) is 0 Å². The maximum atomic E-state index is 2.52. The van der Waals surface area contributed by atoms with Gasteiger partial charge in [-0.3, -0.25) is 0 Å². The summed E-state index contributed by atoms with van der Waals surface area (Å²) in [5, 5.41) is 0. The van der Waals surface area contributed by atoms with Crippen molar-refractivity contribution in [2.75, 3.05) is 0 Å². The van der Waals surface area contributed by atoms with Crippen molar-refractivity contribution in [3.63, 3.8) is 0 Å². The van der Waals surface area contributed by atoms with Crippen molar-refractivity contribution in [2.24, 2.45) is 11.8 Å². The first-order valence-corrected chi connectivity index (χ1v) is 12.0. The highest BCUT2D eigenvalue weighted by atomic mass is 14.2. The third-order valence-electron chi connectivity index (χ3n) is 6.54. The molecule has 156 valence electrons. The van der Waals surface area contributed by atoms with Gasteiger partial charge in [-0.2, -0.15) is 0 Å². The lowest BCUT2D eigenvalue weighted by atomic mass is 9.83. The second-order valence-electron chi connectivity index (χ2n) is 9.43. The molecule has 0 radical (unpaired) electrons. The molecule has 0 heteroatoms. The zero-order valence-corrected chi connectivity index (χ0v) is 18.9. The lowest BCUT2D eigenvalue weighted by molar-refractivity contribution is 0.425. The minimum Gasteiger partial charge on any atom is -0.0804 e. The van der Waals surface area contributed by atoms with Crippen LogP contribution in [-0.2, 0) is 6.42 Å². The summed E-state index contributed by atoms with van der Waals surface area (Å²) in [4.78, 5) is 0. The Morgan fingerprint density at radius 1 is 0.828 bits per heavy atom. The quantitative estimate of drug-likeness (QED) is 0.356. The summed E-state index contributed by atoms with van der Waals surface area (Å²) in [6, 6.07) is 18.4. The van der Waals surface area contributed by atoms with E-state index in [9.17, 15) is 0 Å². The van der Waals surface area contributed by atoms with E-state index in [0.29, 0.717) is 0 Å². The maximum Gasteiger partial charge on any atom is -0.0184 e. The molecule has 0 N–H and O–H groups in total. The zero-order valence-electron chi connectivity index (χ0n) is 18.9. The maximum absolute atomic E-state index is 2.52. The second-order valence-corrected chi connectivity index (χ2v) is 9.43. The first kappa shape index (κ1) is 21.9. The summed E-state index contributed by atoms with van der Waals surface area (Å²) in [5.41, 5.74) is 7.09. The number of benzene rings is 2. The first-order valence-electron chi connectivity index (χ1n) is 12.0. The van der Waals surface area contributed by atoms with Crippen LogP contribution in [0.2, 0.25) is 0 Å². The Kier molecular flexibility index (Phi) is 8.59. The van der Waals surface area contributed by atoms with Crippen LogP contribution in [0, 0.1) is 11.8 Å². The van der Waals surface area contributed by atoms with Gasteiger partial charge in [-0.15, -0.1) is 0 Å². The van der Waals surface area contributed by atoms with Gasteiger partial charge in [0.15, 0.2) is 0 Å². The normalized spacial score (nSPS) is 16.8. The molecule has 0 bridgehead atoms. The van der Waals surface area contributed by atoms with Gasteiger partial charge in [-0.1, -0.05) is 107 Å². The summed E-state index contributed by atoms with van der Waals surface area (Å²) >= 11 is 0. The number of aryl methyl sites for hydroxylation is 1. The van der Waals surface area contributed by atoms with E-state index in [2.05, 4.69) is 75.4 Å². The molecular weight excluding hydrogens is 348 g/mol. The Labute approximate surface area is 179 Å². The van der Waals surface area contributed by atoms with Gasteiger partial charge in [-0.05, 0) is 71.8 Å². The van der Waals surface area contributed by atoms with E-state index < -0.39 is 0 Å². The number of allylic oxidation sites excluding steroid dienone is 2. The average molecular weight is 389 g/mol. The molecule has 1 unspecified atom stereocenters. The third-order valence-corrected chi connectivity index (χ3v) is 6.54. The summed E-state index contributed by atoms with van der Waals surface area (Å²) < 4.78 is 0. The van der Waals surface area contributed by atoms with Gasteiger partial charge in [0, 0.05) is 0 Å². The number of hydrogen-bond acceptors (Lipinski definition) is 0. The standard InChI is InChI=1S/C29H40/c1-4-5-6-7-8-24-11-15-26(16-12-24)28-19-21-29(22-20-28)27-17-13-25(14-18-27)10-9-23(2)3/h13-15,17-24H,4-12,16H2,1-3H3. The molecule has 0 spiro atoms. The van der Waals surface area contributed by atoms with Gasteiger partial charge >= 0.3 is 0 Å². The van der Waals surface area contributed by atoms with Crippen molar-refractivity contribution >= 4 is 5.57 Å². The van der Waals surface area contributed by atoms with E-state index in [0.717, 1.165) is 11.8 Å². The molecular formula is C29H40.